The van der Waals surface area contributed by atoms with E-state index in [2.05, 4.69) is 4.74 Å². The van der Waals surface area contributed by atoms with Crippen LogP contribution in [0.2, 0.25) is 0 Å². The topological polar surface area (TPSA) is 63.6 Å². The number of aliphatic carboxylic acids is 1. The molecule has 1 N–H and O–H groups in total. The Bertz CT molecular complexity index is 313. The number of esters is 1. The first kappa shape index (κ1) is 11.2. The number of carbonyl (C=O) groups excluding carboxylic acids is 1. The van der Waals surface area contributed by atoms with Crippen LogP contribution in [0.5, 0.6) is 0 Å². The van der Waals surface area contributed by atoms with Gasteiger partial charge in [-0.2, -0.15) is 0 Å². The minimum atomic E-state index is -2.07. The van der Waals surface area contributed by atoms with E-state index in [0.29, 0.717) is 25.0 Å². The van der Waals surface area contributed by atoms with Crippen LogP contribution in [0.25, 0.3) is 0 Å². The number of ether oxygens (including phenoxy) is 1. The van der Waals surface area contributed by atoms with Crippen LogP contribution < -0.4 is 0 Å². The molecule has 0 aromatic carbocycles. The Hall–Kier alpha value is -1.32. The van der Waals surface area contributed by atoms with Crippen molar-refractivity contribution in [3.8, 4) is 0 Å². The quantitative estimate of drug-likeness (QED) is 0.513. The second-order valence-corrected chi connectivity index (χ2v) is 3.46. The van der Waals surface area contributed by atoms with Crippen molar-refractivity contribution >= 4 is 11.9 Å². The number of rotatable bonds is 8. The van der Waals surface area contributed by atoms with Crippen LogP contribution in [-0.4, -0.2) is 23.6 Å². The molecule has 0 spiro atoms. The zero-order valence-electron chi connectivity index (χ0n) is 11.7. The van der Waals surface area contributed by atoms with Crippen LogP contribution in [0.3, 0.4) is 0 Å². The van der Waals surface area contributed by atoms with Crippen molar-refractivity contribution in [1.29, 1.82) is 0 Å². The molecule has 0 aromatic heterocycles. The second-order valence-electron chi connectivity index (χ2n) is 3.46. The molecule has 0 aromatic rings. The molecular formula is C12H20O4. The van der Waals surface area contributed by atoms with E-state index < -0.39 is 18.5 Å². The second kappa shape index (κ2) is 8.95. The third-order valence-corrected chi connectivity index (χ3v) is 2.09. The smallest absolute Gasteiger partial charge is 0.331 e. The summed E-state index contributed by atoms with van der Waals surface area (Å²) in [6, 6.07) is 0. The highest BCUT2D eigenvalue weighted by Crippen LogP contribution is 2.12. The summed E-state index contributed by atoms with van der Waals surface area (Å²) in [4.78, 5) is 21.5. The van der Waals surface area contributed by atoms with E-state index in [1.807, 2.05) is 13.8 Å². The lowest BCUT2D eigenvalue weighted by Gasteiger charge is -2.13. The predicted octanol–water partition coefficient (Wildman–Crippen LogP) is 2.39. The van der Waals surface area contributed by atoms with Crippen LogP contribution in [0.15, 0.2) is 12.2 Å². The van der Waals surface area contributed by atoms with Gasteiger partial charge in [-0.05, 0) is 12.3 Å². The van der Waals surface area contributed by atoms with E-state index in [-0.39, 0.29) is 5.92 Å². The van der Waals surface area contributed by atoms with Crippen LogP contribution in [0.4, 0.5) is 0 Å². The molecule has 4 heteroatoms. The van der Waals surface area contributed by atoms with E-state index in [1.54, 1.807) is 0 Å². The van der Waals surface area contributed by atoms with Gasteiger partial charge in [-0.1, -0.05) is 33.1 Å². The number of carboxylic acid groups (broad SMARTS) is 1. The molecule has 0 radical (unpaired) electrons. The Morgan fingerprint density at radius 3 is 2.62 bits per heavy atom. The molecule has 16 heavy (non-hydrogen) atoms. The third-order valence-electron chi connectivity index (χ3n) is 2.09. The Morgan fingerprint density at radius 1 is 1.44 bits per heavy atom. The number of carboxylic acids is 1. The summed E-state index contributed by atoms with van der Waals surface area (Å²) in [5.74, 6) is -2.62. The Morgan fingerprint density at radius 2 is 2.12 bits per heavy atom. The molecule has 0 amide bonds. The predicted molar refractivity (Wildman–Crippen MR) is 61.0 cm³/mol. The third kappa shape index (κ3) is 8.03. The lowest BCUT2D eigenvalue weighted by Crippen LogP contribution is -2.12. The fourth-order valence-electron chi connectivity index (χ4n) is 1.11. The minimum absolute atomic E-state index is 0.375. The Kier molecular flexibility index (Phi) is 6.25. The summed E-state index contributed by atoms with van der Waals surface area (Å²) in [5.41, 5.74) is 0. The lowest BCUT2D eigenvalue weighted by molar-refractivity contribution is -0.140. The monoisotopic (exact) mass is 230 g/mol. The van der Waals surface area contributed by atoms with Crippen LogP contribution in [0.1, 0.15) is 42.3 Å². The van der Waals surface area contributed by atoms with Crippen molar-refractivity contribution in [1.82, 2.24) is 0 Å². The zero-order chi connectivity index (χ0) is 14.2. The number of hydrogen-bond donors (Lipinski definition) is 1. The van der Waals surface area contributed by atoms with Crippen LogP contribution in [-0.2, 0) is 14.3 Å². The number of carbonyl (C=O) groups is 2. The Balaban J connectivity index is 4.50. The molecule has 4 nitrogen and oxygen atoms in total. The maximum absolute atomic E-state index is 11.2. The first-order valence-corrected chi connectivity index (χ1v) is 5.47. The van der Waals surface area contributed by atoms with Gasteiger partial charge in [-0.3, -0.25) is 0 Å². The largest absolute Gasteiger partial charge is 0.478 e. The fourth-order valence-corrected chi connectivity index (χ4v) is 1.11. The van der Waals surface area contributed by atoms with Crippen molar-refractivity contribution in [2.24, 2.45) is 5.92 Å². The first-order valence-electron chi connectivity index (χ1n) is 6.47. The summed E-state index contributed by atoms with van der Waals surface area (Å²) in [5, 5.41) is 8.34. The summed E-state index contributed by atoms with van der Waals surface area (Å²) in [7, 11) is 0. The van der Waals surface area contributed by atoms with Gasteiger partial charge in [0.2, 0.25) is 0 Å². The highest BCUT2D eigenvalue weighted by Gasteiger charge is 2.08. The molecule has 1 unspecified atom stereocenters. The summed E-state index contributed by atoms with van der Waals surface area (Å²) in [6.45, 7) is 1.77. The lowest BCUT2D eigenvalue weighted by atomic mass is 10.0. The minimum Gasteiger partial charge on any atom is -0.478 e. The van der Waals surface area contributed by atoms with Crippen molar-refractivity contribution in [3.05, 3.63) is 12.2 Å². The van der Waals surface area contributed by atoms with Crippen molar-refractivity contribution in [2.75, 3.05) is 6.56 Å². The molecule has 0 rings (SSSR count). The van der Waals surface area contributed by atoms with Gasteiger partial charge in [-0.25, -0.2) is 9.59 Å². The highest BCUT2D eigenvalue weighted by molar-refractivity contribution is 5.90. The van der Waals surface area contributed by atoms with Gasteiger partial charge in [0, 0.05) is 12.2 Å². The van der Waals surface area contributed by atoms with Crippen LogP contribution >= 0.6 is 0 Å². The summed E-state index contributed by atoms with van der Waals surface area (Å²) >= 11 is 0. The van der Waals surface area contributed by atoms with Gasteiger partial charge in [0.05, 0.1) is 9.30 Å². The highest BCUT2D eigenvalue weighted by atomic mass is 16.5. The van der Waals surface area contributed by atoms with E-state index in [0.717, 1.165) is 12.8 Å². The van der Waals surface area contributed by atoms with E-state index in [4.69, 9.17) is 7.85 Å². The normalized spacial score (nSPS) is 15.4. The van der Waals surface area contributed by atoms with Gasteiger partial charge in [-0.15, -0.1) is 0 Å². The zero-order valence-corrected chi connectivity index (χ0v) is 9.73. The van der Waals surface area contributed by atoms with Gasteiger partial charge in [0.25, 0.3) is 0 Å². The fraction of sp³-hybridized carbons (Fsp3) is 0.667. The molecule has 0 saturated heterocycles. The molecule has 0 aliphatic heterocycles. The maximum atomic E-state index is 11.2. The molecule has 0 aliphatic rings. The molecule has 0 aliphatic carbocycles. The number of hydrogen-bond acceptors (Lipinski definition) is 3. The van der Waals surface area contributed by atoms with Gasteiger partial charge in [0.15, 0.2) is 0 Å². The first-order chi connectivity index (χ1) is 8.33. The molecule has 1 atom stereocenters. The standard InChI is InChI=1S/C12H20O4/c1-3-5-6-10(4-2)9-16-12(15)8-7-11(13)14/h7-8,10H,3-6,9H2,1-2H3,(H,13,14)/b8-7-/i9D2. The van der Waals surface area contributed by atoms with Gasteiger partial charge < -0.3 is 9.84 Å². The van der Waals surface area contributed by atoms with Crippen molar-refractivity contribution < 1.29 is 22.2 Å². The average Bonchev–Trinajstić information content (AvgIpc) is 2.26. The van der Waals surface area contributed by atoms with Crippen molar-refractivity contribution in [3.63, 3.8) is 0 Å². The van der Waals surface area contributed by atoms with Gasteiger partial charge in [0.1, 0.15) is 0 Å². The summed E-state index contributed by atoms with van der Waals surface area (Å²) in [6.07, 6.45) is 4.34. The van der Waals surface area contributed by atoms with E-state index in [1.165, 1.54) is 0 Å². The van der Waals surface area contributed by atoms with Gasteiger partial charge >= 0.3 is 11.9 Å². The average molecular weight is 230 g/mol. The Labute approximate surface area is 99.1 Å². The molecule has 0 saturated carbocycles. The van der Waals surface area contributed by atoms with Crippen molar-refractivity contribution in [2.45, 2.75) is 39.5 Å². The van der Waals surface area contributed by atoms with E-state index >= 15 is 0 Å². The molecular weight excluding hydrogens is 208 g/mol. The SMILES string of the molecule is [2H]C([2H])(OC(=O)/C=C\C(=O)O)C(CC)CCCC. The molecule has 0 heterocycles. The molecule has 92 valence electrons. The van der Waals surface area contributed by atoms with E-state index in [9.17, 15) is 9.59 Å². The number of unbranched alkanes of at least 4 members (excludes halogenated alkanes) is 1. The summed E-state index contributed by atoms with van der Waals surface area (Å²) < 4.78 is 20.1. The maximum Gasteiger partial charge on any atom is 0.331 e. The van der Waals surface area contributed by atoms with Crippen LogP contribution in [0, 0.1) is 5.92 Å². The molecule has 0 fully saturated rings. The molecule has 0 bridgehead atoms.